The number of halogens is 1. The van der Waals surface area contributed by atoms with Gasteiger partial charge in [-0.05, 0) is 38.0 Å². The van der Waals surface area contributed by atoms with Gasteiger partial charge in [-0.15, -0.1) is 0 Å². The summed E-state index contributed by atoms with van der Waals surface area (Å²) < 4.78 is 10.1. The lowest BCUT2D eigenvalue weighted by Gasteiger charge is -2.14. The van der Waals surface area contributed by atoms with E-state index in [-0.39, 0.29) is 17.8 Å². The molecule has 2 rings (SSSR count). The zero-order valence-corrected chi connectivity index (χ0v) is 12.1. The molecule has 1 fully saturated rings. The number of ether oxygens (including phenoxy) is 2. The molecule has 0 radical (unpaired) electrons. The predicted octanol–water partition coefficient (Wildman–Crippen LogP) is 2.63. The van der Waals surface area contributed by atoms with Crippen molar-refractivity contribution in [1.29, 1.82) is 0 Å². The van der Waals surface area contributed by atoms with E-state index in [0.717, 1.165) is 12.8 Å². The Morgan fingerprint density at radius 3 is 2.65 bits per heavy atom. The highest BCUT2D eigenvalue weighted by molar-refractivity contribution is 6.32. The molecule has 0 saturated heterocycles. The van der Waals surface area contributed by atoms with Crippen LogP contribution in [0.3, 0.4) is 0 Å². The first kappa shape index (κ1) is 14.7. The van der Waals surface area contributed by atoms with Crippen molar-refractivity contribution in [2.45, 2.75) is 25.9 Å². The third-order valence-electron chi connectivity index (χ3n) is 2.99. The van der Waals surface area contributed by atoms with Crippen molar-refractivity contribution >= 4 is 29.2 Å². The number of nitrogens with one attached hydrogen (secondary N) is 1. The molecule has 0 unspecified atom stereocenters. The van der Waals surface area contributed by atoms with Gasteiger partial charge in [0.1, 0.15) is 5.75 Å². The maximum absolute atomic E-state index is 11.9. The molecule has 1 aromatic rings. The predicted molar refractivity (Wildman–Crippen MR) is 74.9 cm³/mol. The van der Waals surface area contributed by atoms with Gasteiger partial charge in [0.15, 0.2) is 6.10 Å². The smallest absolute Gasteiger partial charge is 0.309 e. The van der Waals surface area contributed by atoms with Gasteiger partial charge in [-0.1, -0.05) is 11.6 Å². The van der Waals surface area contributed by atoms with Crippen molar-refractivity contribution in [3.05, 3.63) is 23.2 Å². The molecule has 1 atom stereocenters. The monoisotopic (exact) mass is 297 g/mol. The van der Waals surface area contributed by atoms with Crippen LogP contribution in [-0.2, 0) is 14.3 Å². The van der Waals surface area contributed by atoms with E-state index in [1.54, 1.807) is 25.1 Å². The number of hydrogen-bond acceptors (Lipinski definition) is 4. The van der Waals surface area contributed by atoms with Crippen LogP contribution >= 0.6 is 11.6 Å². The second-order valence-electron chi connectivity index (χ2n) is 4.69. The van der Waals surface area contributed by atoms with E-state index in [1.165, 1.54) is 7.11 Å². The van der Waals surface area contributed by atoms with Crippen molar-refractivity contribution in [2.24, 2.45) is 5.92 Å². The van der Waals surface area contributed by atoms with Gasteiger partial charge in [-0.25, -0.2) is 0 Å². The fourth-order valence-corrected chi connectivity index (χ4v) is 1.89. The van der Waals surface area contributed by atoms with E-state index < -0.39 is 6.10 Å². The molecule has 1 aliphatic carbocycles. The van der Waals surface area contributed by atoms with Crippen LogP contribution < -0.4 is 10.1 Å². The largest absolute Gasteiger partial charge is 0.495 e. The minimum atomic E-state index is -0.830. The van der Waals surface area contributed by atoms with E-state index in [2.05, 4.69) is 5.32 Å². The first-order valence-electron chi connectivity index (χ1n) is 6.36. The number of carbonyl (C=O) groups excluding carboxylic acids is 2. The number of hydrogen-bond donors (Lipinski definition) is 1. The summed E-state index contributed by atoms with van der Waals surface area (Å²) in [6.07, 6.45) is 0.867. The number of rotatable bonds is 5. The molecule has 1 N–H and O–H groups in total. The lowest BCUT2D eigenvalue weighted by Crippen LogP contribution is -2.30. The van der Waals surface area contributed by atoms with Crippen molar-refractivity contribution in [2.75, 3.05) is 12.4 Å². The molecular weight excluding hydrogens is 282 g/mol. The number of amides is 1. The summed E-state index contributed by atoms with van der Waals surface area (Å²) in [4.78, 5) is 23.4. The van der Waals surface area contributed by atoms with Gasteiger partial charge >= 0.3 is 5.97 Å². The molecular formula is C14H16ClNO4. The van der Waals surface area contributed by atoms with E-state index >= 15 is 0 Å². The number of esters is 1. The Bertz CT molecular complexity index is 528. The highest BCUT2D eigenvalue weighted by atomic mass is 35.5. The van der Waals surface area contributed by atoms with Crippen LogP contribution in [0.4, 0.5) is 5.69 Å². The summed E-state index contributed by atoms with van der Waals surface area (Å²) >= 11 is 5.97. The lowest BCUT2D eigenvalue weighted by molar-refractivity contribution is -0.154. The molecule has 1 amide bonds. The minimum Gasteiger partial charge on any atom is -0.495 e. The molecule has 1 aromatic carbocycles. The van der Waals surface area contributed by atoms with Crippen LogP contribution in [0.1, 0.15) is 19.8 Å². The molecule has 5 nitrogen and oxygen atoms in total. The van der Waals surface area contributed by atoms with Gasteiger partial charge in [-0.2, -0.15) is 0 Å². The molecule has 0 bridgehead atoms. The molecule has 0 spiro atoms. The van der Waals surface area contributed by atoms with Gasteiger partial charge < -0.3 is 14.8 Å². The molecule has 6 heteroatoms. The maximum atomic E-state index is 11.9. The second-order valence-corrected chi connectivity index (χ2v) is 5.10. The van der Waals surface area contributed by atoms with Crippen molar-refractivity contribution < 1.29 is 19.1 Å². The fourth-order valence-electron chi connectivity index (χ4n) is 1.63. The van der Waals surface area contributed by atoms with Crippen LogP contribution in [0.2, 0.25) is 5.02 Å². The van der Waals surface area contributed by atoms with E-state index in [4.69, 9.17) is 21.1 Å². The van der Waals surface area contributed by atoms with Gasteiger partial charge in [0.2, 0.25) is 0 Å². The molecule has 1 saturated carbocycles. The third-order valence-corrected chi connectivity index (χ3v) is 3.29. The summed E-state index contributed by atoms with van der Waals surface area (Å²) in [6.45, 7) is 1.54. The fraction of sp³-hybridized carbons (Fsp3) is 0.429. The summed E-state index contributed by atoms with van der Waals surface area (Å²) in [7, 11) is 1.51. The molecule has 0 aliphatic heterocycles. The summed E-state index contributed by atoms with van der Waals surface area (Å²) in [5.74, 6) is -0.195. The lowest BCUT2D eigenvalue weighted by atomic mass is 10.2. The maximum Gasteiger partial charge on any atom is 0.309 e. The topological polar surface area (TPSA) is 64.6 Å². The van der Waals surface area contributed by atoms with Crippen LogP contribution in [0.15, 0.2) is 18.2 Å². The number of benzene rings is 1. The molecule has 0 heterocycles. The van der Waals surface area contributed by atoms with Gasteiger partial charge in [0.05, 0.1) is 18.1 Å². The van der Waals surface area contributed by atoms with Gasteiger partial charge in [0.25, 0.3) is 5.91 Å². The number of anilines is 1. The zero-order chi connectivity index (χ0) is 14.7. The zero-order valence-electron chi connectivity index (χ0n) is 11.3. The van der Waals surface area contributed by atoms with Gasteiger partial charge in [0, 0.05) is 5.69 Å². The highest BCUT2D eigenvalue weighted by Gasteiger charge is 2.33. The molecule has 1 aliphatic rings. The second kappa shape index (κ2) is 6.13. The average Bonchev–Trinajstić information content (AvgIpc) is 3.23. The Labute approximate surface area is 122 Å². The Balaban J connectivity index is 1.92. The quantitative estimate of drug-likeness (QED) is 0.849. The summed E-state index contributed by atoms with van der Waals surface area (Å²) in [6, 6.07) is 4.89. The normalized spacial score (nSPS) is 15.3. The van der Waals surface area contributed by atoms with Crippen LogP contribution in [0.25, 0.3) is 0 Å². The first-order chi connectivity index (χ1) is 9.51. The van der Waals surface area contributed by atoms with Crippen molar-refractivity contribution in [3.8, 4) is 5.75 Å². The Kier molecular flexibility index (Phi) is 4.49. The van der Waals surface area contributed by atoms with Crippen LogP contribution in [0, 0.1) is 5.92 Å². The highest BCUT2D eigenvalue weighted by Crippen LogP contribution is 2.30. The first-order valence-corrected chi connectivity index (χ1v) is 6.74. The number of carbonyl (C=O) groups is 2. The van der Waals surface area contributed by atoms with E-state index in [1.807, 2.05) is 0 Å². The molecule has 0 aromatic heterocycles. The summed E-state index contributed by atoms with van der Waals surface area (Å²) in [5.41, 5.74) is 0.523. The average molecular weight is 298 g/mol. The third kappa shape index (κ3) is 3.63. The summed E-state index contributed by atoms with van der Waals surface area (Å²) in [5, 5.41) is 3.04. The molecule has 108 valence electrons. The van der Waals surface area contributed by atoms with Crippen LogP contribution in [-0.4, -0.2) is 25.1 Å². The van der Waals surface area contributed by atoms with E-state index in [9.17, 15) is 9.59 Å². The van der Waals surface area contributed by atoms with Crippen LogP contribution in [0.5, 0.6) is 5.75 Å². The number of methoxy groups -OCH3 is 1. The SMILES string of the molecule is COc1ccc(NC(=O)[C@@H](C)OC(=O)C2CC2)cc1Cl. The molecule has 20 heavy (non-hydrogen) atoms. The Morgan fingerprint density at radius 1 is 1.40 bits per heavy atom. The van der Waals surface area contributed by atoms with E-state index in [0.29, 0.717) is 16.5 Å². The minimum absolute atomic E-state index is 0.0271. The van der Waals surface area contributed by atoms with Crippen molar-refractivity contribution in [3.63, 3.8) is 0 Å². The Hall–Kier alpha value is -1.75. The van der Waals surface area contributed by atoms with Gasteiger partial charge in [-0.3, -0.25) is 9.59 Å². The Morgan fingerprint density at radius 2 is 2.10 bits per heavy atom. The standard InChI is InChI=1S/C14H16ClNO4/c1-8(20-14(18)9-3-4-9)13(17)16-10-5-6-12(19-2)11(15)7-10/h5-9H,3-4H2,1-2H3,(H,16,17)/t8-/m1/s1. The van der Waals surface area contributed by atoms with Crippen molar-refractivity contribution in [1.82, 2.24) is 0 Å².